The number of rotatable bonds is 5. The molecule has 1 saturated heterocycles. The van der Waals surface area contributed by atoms with Gasteiger partial charge in [-0.25, -0.2) is 0 Å². The fourth-order valence-electron chi connectivity index (χ4n) is 3.72. The van der Waals surface area contributed by atoms with Gasteiger partial charge in [0.1, 0.15) is 11.6 Å². The second-order valence-electron chi connectivity index (χ2n) is 7.09. The van der Waals surface area contributed by atoms with Crippen LogP contribution in [0.25, 0.3) is 21.5 Å². The van der Waals surface area contributed by atoms with E-state index in [9.17, 15) is 4.79 Å². The van der Waals surface area contributed by atoms with Crippen LogP contribution in [-0.2, 0) is 11.3 Å². The Balaban J connectivity index is 1.28. The zero-order chi connectivity index (χ0) is 19.6. The number of fused-ring (bicyclic) bond motifs is 1. The normalized spacial score (nSPS) is 16.4. The van der Waals surface area contributed by atoms with E-state index in [2.05, 4.69) is 27.4 Å². The number of para-hydroxylation sites is 2. The Hall–Kier alpha value is -3.19. The maximum atomic E-state index is 12.9. The van der Waals surface area contributed by atoms with Crippen molar-refractivity contribution in [2.75, 3.05) is 11.4 Å². The van der Waals surface area contributed by atoms with Gasteiger partial charge in [0.15, 0.2) is 5.58 Å². The Bertz CT molecular complexity index is 1110. The summed E-state index contributed by atoms with van der Waals surface area (Å²) >= 11 is 1.68. The molecule has 7 heteroatoms. The molecule has 1 amide bonds. The number of anilines is 1. The molecule has 6 nitrogen and oxygen atoms in total. The highest BCUT2D eigenvalue weighted by Crippen LogP contribution is 2.28. The van der Waals surface area contributed by atoms with Gasteiger partial charge in [0.25, 0.3) is 6.01 Å². The fourth-order valence-corrected chi connectivity index (χ4v) is 4.43. The lowest BCUT2D eigenvalue weighted by Gasteiger charge is -2.22. The van der Waals surface area contributed by atoms with Gasteiger partial charge < -0.3 is 14.6 Å². The van der Waals surface area contributed by atoms with Crippen LogP contribution in [0.15, 0.2) is 64.7 Å². The molecule has 4 aromatic rings. The van der Waals surface area contributed by atoms with Crippen molar-refractivity contribution in [1.82, 2.24) is 15.3 Å². The quantitative estimate of drug-likeness (QED) is 0.539. The molecule has 4 heterocycles. The van der Waals surface area contributed by atoms with Crippen LogP contribution < -0.4 is 10.2 Å². The Morgan fingerprint density at radius 1 is 1.24 bits per heavy atom. The second-order valence-corrected chi connectivity index (χ2v) is 8.04. The lowest BCUT2D eigenvalue weighted by atomic mass is 10.1. The molecule has 1 N–H and O–H groups in total. The number of carbonyl (C=O) groups excluding carboxylic acids is 1. The zero-order valence-corrected chi connectivity index (χ0v) is 16.6. The van der Waals surface area contributed by atoms with E-state index in [1.54, 1.807) is 17.5 Å². The highest BCUT2D eigenvalue weighted by molar-refractivity contribution is 7.13. The van der Waals surface area contributed by atoms with E-state index in [1.165, 1.54) is 4.88 Å². The third-order valence-corrected chi connectivity index (χ3v) is 6.07. The van der Waals surface area contributed by atoms with Crippen molar-refractivity contribution in [2.45, 2.75) is 25.4 Å². The molecular formula is C22H20N4O2S. The SMILES string of the molecule is O=C(NCc1cncc(-c2cccs2)c1)C1CCCN1c1nc2ccccc2o1. The third kappa shape index (κ3) is 3.61. The molecule has 5 rings (SSSR count). The monoisotopic (exact) mass is 404 g/mol. The molecule has 0 saturated carbocycles. The topological polar surface area (TPSA) is 71.3 Å². The van der Waals surface area contributed by atoms with Crippen molar-refractivity contribution < 1.29 is 9.21 Å². The summed E-state index contributed by atoms with van der Waals surface area (Å²) in [4.78, 5) is 24.9. The smallest absolute Gasteiger partial charge is 0.299 e. The minimum atomic E-state index is -0.267. The van der Waals surface area contributed by atoms with Gasteiger partial charge in [0.05, 0.1) is 0 Å². The zero-order valence-electron chi connectivity index (χ0n) is 15.7. The van der Waals surface area contributed by atoms with Gasteiger partial charge in [0, 0.05) is 35.9 Å². The summed E-state index contributed by atoms with van der Waals surface area (Å²) in [6, 6.07) is 14.1. The molecule has 1 aromatic carbocycles. The van der Waals surface area contributed by atoms with E-state index in [0.29, 0.717) is 12.6 Å². The summed E-state index contributed by atoms with van der Waals surface area (Å²) in [5.41, 5.74) is 3.60. The van der Waals surface area contributed by atoms with E-state index in [1.807, 2.05) is 46.8 Å². The maximum absolute atomic E-state index is 12.9. The number of nitrogens with zero attached hydrogens (tertiary/aromatic N) is 3. The number of oxazole rings is 1. The Labute approximate surface area is 172 Å². The van der Waals surface area contributed by atoms with Gasteiger partial charge in [-0.15, -0.1) is 11.3 Å². The Morgan fingerprint density at radius 3 is 3.03 bits per heavy atom. The van der Waals surface area contributed by atoms with Crippen molar-refractivity contribution in [3.63, 3.8) is 0 Å². The van der Waals surface area contributed by atoms with E-state index in [-0.39, 0.29) is 11.9 Å². The molecule has 0 spiro atoms. The van der Waals surface area contributed by atoms with E-state index in [0.717, 1.165) is 41.6 Å². The van der Waals surface area contributed by atoms with Crippen molar-refractivity contribution in [3.05, 3.63) is 65.8 Å². The summed E-state index contributed by atoms with van der Waals surface area (Å²) < 4.78 is 5.88. The van der Waals surface area contributed by atoms with Gasteiger partial charge >= 0.3 is 0 Å². The number of carbonyl (C=O) groups is 1. The largest absolute Gasteiger partial charge is 0.423 e. The second kappa shape index (κ2) is 7.67. The summed E-state index contributed by atoms with van der Waals surface area (Å²) in [6.45, 7) is 1.21. The van der Waals surface area contributed by atoms with Crippen LogP contribution >= 0.6 is 11.3 Å². The van der Waals surface area contributed by atoms with E-state index in [4.69, 9.17) is 4.42 Å². The number of hydrogen-bond acceptors (Lipinski definition) is 6. The van der Waals surface area contributed by atoms with Crippen LogP contribution in [0, 0.1) is 0 Å². The molecule has 1 fully saturated rings. The minimum absolute atomic E-state index is 0.00807. The van der Waals surface area contributed by atoms with Gasteiger partial charge in [-0.1, -0.05) is 18.2 Å². The lowest BCUT2D eigenvalue weighted by Crippen LogP contribution is -2.43. The van der Waals surface area contributed by atoms with Gasteiger partial charge in [-0.05, 0) is 48.1 Å². The molecule has 146 valence electrons. The number of hydrogen-bond donors (Lipinski definition) is 1. The van der Waals surface area contributed by atoms with Gasteiger partial charge in [-0.2, -0.15) is 4.98 Å². The van der Waals surface area contributed by atoms with Crippen molar-refractivity contribution >= 4 is 34.4 Å². The Morgan fingerprint density at radius 2 is 2.17 bits per heavy atom. The van der Waals surface area contributed by atoms with Crippen molar-refractivity contribution in [1.29, 1.82) is 0 Å². The van der Waals surface area contributed by atoms with Crippen LogP contribution in [0.2, 0.25) is 0 Å². The molecule has 1 aliphatic rings. The number of nitrogens with one attached hydrogen (secondary N) is 1. The van der Waals surface area contributed by atoms with Crippen LogP contribution in [-0.4, -0.2) is 28.5 Å². The first-order chi connectivity index (χ1) is 14.3. The lowest BCUT2D eigenvalue weighted by molar-refractivity contribution is -0.122. The van der Waals surface area contributed by atoms with Crippen LogP contribution in [0.4, 0.5) is 6.01 Å². The molecule has 1 aliphatic heterocycles. The standard InChI is InChI=1S/C22H20N4O2S/c27-21(24-13-15-11-16(14-23-12-15)20-8-4-10-29-20)18-6-3-9-26(18)22-25-17-5-1-2-7-19(17)28-22/h1-2,4-5,7-8,10-12,14,18H,3,6,9,13H2,(H,24,27). The minimum Gasteiger partial charge on any atom is -0.423 e. The predicted octanol–water partition coefficient (Wildman–Crippen LogP) is 4.24. The fraction of sp³-hybridized carbons (Fsp3) is 0.227. The van der Waals surface area contributed by atoms with Crippen LogP contribution in [0.1, 0.15) is 18.4 Å². The van der Waals surface area contributed by atoms with Crippen LogP contribution in [0.3, 0.4) is 0 Å². The molecule has 1 atom stereocenters. The third-order valence-electron chi connectivity index (χ3n) is 5.15. The van der Waals surface area contributed by atoms with E-state index >= 15 is 0 Å². The summed E-state index contributed by atoms with van der Waals surface area (Å²) in [6.07, 6.45) is 5.37. The van der Waals surface area contributed by atoms with E-state index < -0.39 is 0 Å². The summed E-state index contributed by atoms with van der Waals surface area (Å²) in [5, 5.41) is 5.11. The Kier molecular flexibility index (Phi) is 4.73. The maximum Gasteiger partial charge on any atom is 0.299 e. The molecular weight excluding hydrogens is 384 g/mol. The number of aromatic nitrogens is 2. The molecule has 0 radical (unpaired) electrons. The molecule has 29 heavy (non-hydrogen) atoms. The molecule has 0 aliphatic carbocycles. The highest BCUT2D eigenvalue weighted by atomic mass is 32.1. The number of benzene rings is 1. The first-order valence-electron chi connectivity index (χ1n) is 9.66. The first-order valence-corrected chi connectivity index (χ1v) is 10.5. The average Bonchev–Trinajstić information content (AvgIpc) is 3.51. The number of thiophene rings is 1. The molecule has 0 bridgehead atoms. The van der Waals surface area contributed by atoms with Crippen molar-refractivity contribution in [2.24, 2.45) is 0 Å². The number of pyridine rings is 1. The summed E-state index contributed by atoms with van der Waals surface area (Å²) in [5.74, 6) is -0.00807. The molecule has 3 aromatic heterocycles. The first kappa shape index (κ1) is 17.9. The predicted molar refractivity (Wildman–Crippen MR) is 114 cm³/mol. The number of amides is 1. The van der Waals surface area contributed by atoms with Gasteiger partial charge in [-0.3, -0.25) is 9.78 Å². The van der Waals surface area contributed by atoms with Crippen molar-refractivity contribution in [3.8, 4) is 10.4 Å². The molecule has 1 unspecified atom stereocenters. The summed E-state index contributed by atoms with van der Waals surface area (Å²) in [7, 11) is 0. The average molecular weight is 404 g/mol. The van der Waals surface area contributed by atoms with Crippen LogP contribution in [0.5, 0.6) is 0 Å². The van der Waals surface area contributed by atoms with Gasteiger partial charge in [0.2, 0.25) is 5.91 Å². The highest BCUT2D eigenvalue weighted by Gasteiger charge is 2.33.